The zero-order valence-corrected chi connectivity index (χ0v) is 13.8. The molecule has 3 fully saturated rings. The molecule has 1 aromatic rings. The standard InChI is InChI=1S/C18H24N2O4/c21-16(19-10-13-3-4-13)14-11-20(17(22)15-2-1-7-24-15)12-18(14)5-8-23-9-6-18/h1-2,7,13-14H,3-6,8-12H2,(H,19,21)/t14-/m1/s1. The van der Waals surface area contributed by atoms with Gasteiger partial charge in [-0.15, -0.1) is 0 Å². The van der Waals surface area contributed by atoms with Crippen molar-refractivity contribution in [2.45, 2.75) is 25.7 Å². The summed E-state index contributed by atoms with van der Waals surface area (Å²) in [4.78, 5) is 27.2. The van der Waals surface area contributed by atoms with Crippen LogP contribution in [0.4, 0.5) is 0 Å². The lowest BCUT2D eigenvalue weighted by atomic mass is 9.71. The predicted molar refractivity (Wildman–Crippen MR) is 86.3 cm³/mol. The van der Waals surface area contributed by atoms with E-state index in [-0.39, 0.29) is 23.1 Å². The molecule has 4 rings (SSSR count). The van der Waals surface area contributed by atoms with Crippen molar-refractivity contribution in [3.63, 3.8) is 0 Å². The topological polar surface area (TPSA) is 71.8 Å². The Hall–Kier alpha value is -1.82. The second-order valence-electron chi connectivity index (χ2n) is 7.38. The highest BCUT2D eigenvalue weighted by atomic mass is 16.5. The van der Waals surface area contributed by atoms with E-state index in [1.807, 2.05) is 0 Å². The van der Waals surface area contributed by atoms with Gasteiger partial charge in [-0.3, -0.25) is 9.59 Å². The summed E-state index contributed by atoms with van der Waals surface area (Å²) >= 11 is 0. The number of nitrogens with one attached hydrogen (secondary N) is 1. The fourth-order valence-electron chi connectivity index (χ4n) is 4.02. The summed E-state index contributed by atoms with van der Waals surface area (Å²) in [5.41, 5.74) is -0.159. The van der Waals surface area contributed by atoms with Crippen molar-refractivity contribution in [2.75, 3.05) is 32.8 Å². The summed E-state index contributed by atoms with van der Waals surface area (Å²) in [7, 11) is 0. The van der Waals surface area contributed by atoms with Crippen molar-refractivity contribution in [2.24, 2.45) is 17.3 Å². The number of hydrogen-bond acceptors (Lipinski definition) is 4. The van der Waals surface area contributed by atoms with E-state index in [1.54, 1.807) is 17.0 Å². The second-order valence-corrected chi connectivity index (χ2v) is 7.38. The molecule has 3 heterocycles. The van der Waals surface area contributed by atoms with Gasteiger partial charge >= 0.3 is 0 Å². The van der Waals surface area contributed by atoms with Crippen molar-refractivity contribution in [3.8, 4) is 0 Å². The molecule has 0 radical (unpaired) electrons. The maximum atomic E-state index is 12.8. The Bertz CT molecular complexity index is 603. The minimum absolute atomic E-state index is 0.0959. The van der Waals surface area contributed by atoms with Crippen LogP contribution in [-0.4, -0.2) is 49.6 Å². The number of amides is 2. The molecule has 24 heavy (non-hydrogen) atoms. The lowest BCUT2D eigenvalue weighted by Crippen LogP contribution is -2.44. The van der Waals surface area contributed by atoms with Gasteiger partial charge in [0.25, 0.3) is 5.91 Å². The second kappa shape index (κ2) is 6.24. The molecule has 2 amide bonds. The van der Waals surface area contributed by atoms with E-state index in [2.05, 4.69) is 5.32 Å². The van der Waals surface area contributed by atoms with Gasteiger partial charge in [0.2, 0.25) is 5.91 Å². The monoisotopic (exact) mass is 332 g/mol. The molecule has 1 aliphatic carbocycles. The highest BCUT2D eigenvalue weighted by Crippen LogP contribution is 2.45. The van der Waals surface area contributed by atoms with Crippen molar-refractivity contribution in [1.29, 1.82) is 0 Å². The first-order valence-corrected chi connectivity index (χ1v) is 8.86. The number of hydrogen-bond donors (Lipinski definition) is 1. The Labute approximate surface area is 141 Å². The summed E-state index contributed by atoms with van der Waals surface area (Å²) in [6.45, 7) is 3.17. The molecule has 1 atom stereocenters. The molecule has 130 valence electrons. The van der Waals surface area contributed by atoms with Crippen LogP contribution in [0.15, 0.2) is 22.8 Å². The highest BCUT2D eigenvalue weighted by Gasteiger charge is 2.52. The van der Waals surface area contributed by atoms with Crippen molar-refractivity contribution in [3.05, 3.63) is 24.2 Å². The largest absolute Gasteiger partial charge is 0.459 e. The van der Waals surface area contributed by atoms with Crippen LogP contribution in [0.25, 0.3) is 0 Å². The molecule has 1 spiro atoms. The first kappa shape index (κ1) is 15.7. The lowest BCUT2D eigenvalue weighted by Gasteiger charge is -2.37. The van der Waals surface area contributed by atoms with Crippen molar-refractivity contribution >= 4 is 11.8 Å². The van der Waals surface area contributed by atoms with E-state index >= 15 is 0 Å². The Morgan fingerprint density at radius 1 is 1.29 bits per heavy atom. The molecule has 0 unspecified atom stereocenters. The summed E-state index contributed by atoms with van der Waals surface area (Å²) in [6, 6.07) is 3.40. The van der Waals surface area contributed by atoms with Gasteiger partial charge < -0.3 is 19.4 Å². The minimum atomic E-state index is -0.159. The van der Waals surface area contributed by atoms with Crippen LogP contribution in [0.1, 0.15) is 36.2 Å². The quantitative estimate of drug-likeness (QED) is 0.910. The van der Waals surface area contributed by atoms with Gasteiger partial charge in [-0.25, -0.2) is 0 Å². The average Bonchev–Trinajstić information content (AvgIpc) is 3.13. The van der Waals surface area contributed by atoms with Gasteiger partial charge in [0.1, 0.15) is 0 Å². The zero-order chi connectivity index (χ0) is 16.6. The van der Waals surface area contributed by atoms with Gasteiger partial charge in [0.05, 0.1) is 12.2 Å². The van der Waals surface area contributed by atoms with Gasteiger partial charge in [-0.1, -0.05) is 0 Å². The fourth-order valence-corrected chi connectivity index (χ4v) is 4.02. The third kappa shape index (κ3) is 2.95. The zero-order valence-electron chi connectivity index (χ0n) is 13.8. The number of rotatable bonds is 4. The maximum Gasteiger partial charge on any atom is 0.289 e. The summed E-state index contributed by atoms with van der Waals surface area (Å²) in [5, 5.41) is 3.11. The molecule has 6 nitrogen and oxygen atoms in total. The van der Waals surface area contributed by atoms with E-state index in [9.17, 15) is 9.59 Å². The molecule has 6 heteroatoms. The molecule has 2 aliphatic heterocycles. The summed E-state index contributed by atoms with van der Waals surface area (Å²) in [6.07, 6.45) is 5.60. The van der Waals surface area contributed by atoms with Crippen LogP contribution in [0, 0.1) is 17.3 Å². The lowest BCUT2D eigenvalue weighted by molar-refractivity contribution is -0.129. The van der Waals surface area contributed by atoms with Crippen molar-refractivity contribution < 1.29 is 18.7 Å². The molecule has 1 saturated carbocycles. The Morgan fingerprint density at radius 2 is 2.08 bits per heavy atom. The molecule has 3 aliphatic rings. The van der Waals surface area contributed by atoms with Gasteiger partial charge in [0, 0.05) is 38.3 Å². The first-order chi connectivity index (χ1) is 11.7. The van der Waals surface area contributed by atoms with Crippen LogP contribution in [0.5, 0.6) is 0 Å². The Morgan fingerprint density at radius 3 is 2.75 bits per heavy atom. The van der Waals surface area contributed by atoms with E-state index < -0.39 is 0 Å². The SMILES string of the molecule is O=C(NCC1CC1)[C@H]1CN(C(=O)c2ccco2)CC12CCOCC2. The fraction of sp³-hybridized carbons (Fsp3) is 0.667. The van der Waals surface area contributed by atoms with E-state index in [1.165, 1.54) is 19.1 Å². The highest BCUT2D eigenvalue weighted by molar-refractivity contribution is 5.92. The number of carbonyl (C=O) groups excluding carboxylic acids is 2. The van der Waals surface area contributed by atoms with E-state index in [0.717, 1.165) is 19.4 Å². The molecule has 2 saturated heterocycles. The third-order valence-electron chi connectivity index (χ3n) is 5.73. The number of furan rings is 1. The summed E-state index contributed by atoms with van der Waals surface area (Å²) < 4.78 is 10.8. The molecule has 0 bridgehead atoms. The Kier molecular flexibility index (Phi) is 4.08. The normalized spacial score (nSPS) is 25.8. The van der Waals surface area contributed by atoms with Crippen LogP contribution in [0.2, 0.25) is 0 Å². The first-order valence-electron chi connectivity index (χ1n) is 8.86. The summed E-state index contributed by atoms with van der Waals surface area (Å²) in [5.74, 6) is 0.819. The molecular formula is C18H24N2O4. The van der Waals surface area contributed by atoms with E-state index in [0.29, 0.717) is 38.0 Å². The van der Waals surface area contributed by atoms with Crippen LogP contribution >= 0.6 is 0 Å². The van der Waals surface area contributed by atoms with Crippen LogP contribution in [0.3, 0.4) is 0 Å². The van der Waals surface area contributed by atoms with Crippen LogP contribution < -0.4 is 5.32 Å². The van der Waals surface area contributed by atoms with E-state index in [4.69, 9.17) is 9.15 Å². The van der Waals surface area contributed by atoms with Gasteiger partial charge in [0.15, 0.2) is 5.76 Å². The number of nitrogens with zero attached hydrogens (tertiary/aromatic N) is 1. The van der Waals surface area contributed by atoms with Crippen molar-refractivity contribution in [1.82, 2.24) is 10.2 Å². The molecular weight excluding hydrogens is 308 g/mol. The molecule has 1 N–H and O–H groups in total. The minimum Gasteiger partial charge on any atom is -0.459 e. The molecule has 0 aromatic carbocycles. The smallest absolute Gasteiger partial charge is 0.289 e. The Balaban J connectivity index is 1.50. The molecule has 1 aromatic heterocycles. The number of likely N-dealkylation sites (tertiary alicyclic amines) is 1. The maximum absolute atomic E-state index is 12.8. The van der Waals surface area contributed by atoms with Gasteiger partial charge in [-0.2, -0.15) is 0 Å². The predicted octanol–water partition coefficient (Wildman–Crippen LogP) is 1.67. The third-order valence-corrected chi connectivity index (χ3v) is 5.73. The number of carbonyl (C=O) groups is 2. The average molecular weight is 332 g/mol. The number of ether oxygens (including phenoxy) is 1. The van der Waals surface area contributed by atoms with Crippen LogP contribution in [-0.2, 0) is 9.53 Å². The van der Waals surface area contributed by atoms with Gasteiger partial charge in [-0.05, 0) is 43.7 Å².